The van der Waals surface area contributed by atoms with E-state index >= 15 is 0 Å². The number of carbonyl (C=O) groups is 1. The molecular weight excluding hydrogens is 362 g/mol. The van der Waals surface area contributed by atoms with E-state index in [1.165, 1.54) is 18.4 Å². The molecule has 1 fully saturated rings. The van der Waals surface area contributed by atoms with Gasteiger partial charge in [-0.25, -0.2) is 0 Å². The van der Waals surface area contributed by atoms with Crippen molar-refractivity contribution in [2.24, 2.45) is 0 Å². The third kappa shape index (κ3) is 4.78. The lowest BCUT2D eigenvalue weighted by atomic mass is 9.89. The van der Waals surface area contributed by atoms with Crippen LogP contribution in [0.1, 0.15) is 47.5 Å². The van der Waals surface area contributed by atoms with Gasteiger partial charge in [-0.1, -0.05) is 52.3 Å². The summed E-state index contributed by atoms with van der Waals surface area (Å²) in [6.45, 7) is 3.29. The lowest BCUT2D eigenvalue weighted by Gasteiger charge is -2.32. The van der Waals surface area contributed by atoms with E-state index in [2.05, 4.69) is 45.1 Å². The highest BCUT2D eigenvalue weighted by molar-refractivity contribution is 9.10. The number of benzene rings is 2. The first-order valence-corrected chi connectivity index (χ1v) is 9.49. The topological polar surface area (TPSA) is 20.3 Å². The zero-order chi connectivity index (χ0) is 16.8. The average molecular weight is 385 g/mol. The predicted molar refractivity (Wildman–Crippen MR) is 101 cm³/mol. The van der Waals surface area contributed by atoms with E-state index in [4.69, 9.17) is 0 Å². The first kappa shape index (κ1) is 17.4. The Morgan fingerprint density at radius 2 is 1.92 bits per heavy atom. The Labute approximate surface area is 153 Å². The molecule has 1 radical (unpaired) electrons. The molecule has 1 saturated heterocycles. The maximum atomic E-state index is 12.2. The van der Waals surface area contributed by atoms with Gasteiger partial charge in [-0.05, 0) is 68.6 Å². The molecule has 0 atom stereocenters. The molecule has 0 saturated carbocycles. The Balaban J connectivity index is 1.39. The molecule has 2 nitrogen and oxygen atoms in total. The van der Waals surface area contributed by atoms with Gasteiger partial charge in [0.15, 0.2) is 5.78 Å². The summed E-state index contributed by atoms with van der Waals surface area (Å²) < 4.78 is 1.01. The zero-order valence-corrected chi connectivity index (χ0v) is 15.5. The molecule has 1 heterocycles. The van der Waals surface area contributed by atoms with E-state index in [1.54, 1.807) is 0 Å². The number of likely N-dealkylation sites (tertiary alicyclic amines) is 1. The first-order chi connectivity index (χ1) is 11.7. The summed E-state index contributed by atoms with van der Waals surface area (Å²) in [7, 11) is 0. The summed E-state index contributed by atoms with van der Waals surface area (Å²) in [4.78, 5) is 14.7. The van der Waals surface area contributed by atoms with Crippen molar-refractivity contribution in [1.29, 1.82) is 0 Å². The minimum absolute atomic E-state index is 0.247. The van der Waals surface area contributed by atoms with Gasteiger partial charge < -0.3 is 4.90 Å². The van der Waals surface area contributed by atoms with Crippen molar-refractivity contribution in [3.63, 3.8) is 0 Å². The predicted octanol–water partition coefficient (Wildman–Crippen LogP) is 5.09. The van der Waals surface area contributed by atoms with Crippen LogP contribution in [0.2, 0.25) is 0 Å². The van der Waals surface area contributed by atoms with Crippen LogP contribution in [0.25, 0.3) is 0 Å². The number of hydrogen-bond donors (Lipinski definition) is 0. The van der Waals surface area contributed by atoms with Crippen molar-refractivity contribution in [1.82, 2.24) is 4.90 Å². The number of nitrogens with zero attached hydrogens (tertiary/aromatic N) is 1. The average Bonchev–Trinajstić information content (AvgIpc) is 2.63. The molecule has 0 spiro atoms. The summed E-state index contributed by atoms with van der Waals surface area (Å²) in [5, 5.41) is 0. The molecule has 0 bridgehead atoms. The minimum Gasteiger partial charge on any atom is -0.303 e. The minimum atomic E-state index is 0.247. The molecule has 125 valence electrons. The van der Waals surface area contributed by atoms with Gasteiger partial charge >= 0.3 is 0 Å². The molecule has 1 aliphatic rings. The molecule has 2 aromatic carbocycles. The number of hydrogen-bond acceptors (Lipinski definition) is 2. The maximum Gasteiger partial charge on any atom is 0.162 e. The van der Waals surface area contributed by atoms with Crippen molar-refractivity contribution >= 4 is 21.7 Å². The summed E-state index contributed by atoms with van der Waals surface area (Å²) >= 11 is 3.40. The van der Waals surface area contributed by atoms with Crippen molar-refractivity contribution in [2.75, 3.05) is 19.6 Å². The van der Waals surface area contributed by atoms with Gasteiger partial charge in [-0.2, -0.15) is 0 Å². The van der Waals surface area contributed by atoms with Crippen molar-refractivity contribution in [3.8, 4) is 0 Å². The Morgan fingerprint density at radius 3 is 2.58 bits per heavy atom. The quantitative estimate of drug-likeness (QED) is 0.646. The van der Waals surface area contributed by atoms with Gasteiger partial charge in [0, 0.05) is 16.5 Å². The van der Waals surface area contributed by atoms with Crippen LogP contribution in [0, 0.1) is 6.07 Å². The van der Waals surface area contributed by atoms with Gasteiger partial charge in [0.1, 0.15) is 0 Å². The highest BCUT2D eigenvalue weighted by Gasteiger charge is 2.20. The second kappa shape index (κ2) is 8.59. The number of halogens is 1. The number of piperidine rings is 1. The molecule has 3 heteroatoms. The van der Waals surface area contributed by atoms with E-state index in [0.29, 0.717) is 12.3 Å². The largest absolute Gasteiger partial charge is 0.303 e. The Hall–Kier alpha value is -1.45. The lowest BCUT2D eigenvalue weighted by molar-refractivity contribution is 0.0972. The van der Waals surface area contributed by atoms with Crippen LogP contribution in [-0.4, -0.2) is 30.3 Å². The third-order valence-corrected chi connectivity index (χ3v) is 5.36. The van der Waals surface area contributed by atoms with E-state index in [0.717, 1.165) is 36.1 Å². The fourth-order valence-electron chi connectivity index (χ4n) is 3.39. The molecule has 3 rings (SSSR count). The summed E-state index contributed by atoms with van der Waals surface area (Å²) in [5.41, 5.74) is 2.24. The molecule has 0 aromatic heterocycles. The normalized spacial score (nSPS) is 16.2. The Bertz CT molecular complexity index is 645. The molecule has 0 amide bonds. The summed E-state index contributed by atoms with van der Waals surface area (Å²) in [6, 6.07) is 19.2. The molecule has 1 aliphatic heterocycles. The number of rotatable bonds is 6. The molecule has 0 unspecified atom stereocenters. The fraction of sp³-hybridized carbons (Fsp3) is 0.381. The van der Waals surface area contributed by atoms with Gasteiger partial charge in [-0.15, -0.1) is 0 Å². The summed E-state index contributed by atoms with van der Waals surface area (Å²) in [6.07, 6.45) is 3.99. The van der Waals surface area contributed by atoms with E-state index in [9.17, 15) is 4.79 Å². The van der Waals surface area contributed by atoms with E-state index in [1.807, 2.05) is 30.3 Å². The number of carbonyl (C=O) groups excluding carboxylic acids is 1. The van der Waals surface area contributed by atoms with E-state index in [-0.39, 0.29) is 5.78 Å². The summed E-state index contributed by atoms with van der Waals surface area (Å²) in [5.74, 6) is 0.917. The fourth-order valence-corrected chi connectivity index (χ4v) is 3.66. The van der Waals surface area contributed by atoms with Crippen LogP contribution in [0.5, 0.6) is 0 Å². The van der Waals surface area contributed by atoms with Gasteiger partial charge in [0.05, 0.1) is 0 Å². The van der Waals surface area contributed by atoms with Crippen LogP contribution in [0.4, 0.5) is 0 Å². The highest BCUT2D eigenvalue weighted by atomic mass is 79.9. The van der Waals surface area contributed by atoms with Crippen molar-refractivity contribution < 1.29 is 4.79 Å². The zero-order valence-electron chi connectivity index (χ0n) is 13.9. The van der Waals surface area contributed by atoms with Gasteiger partial charge in [0.25, 0.3) is 0 Å². The lowest BCUT2D eigenvalue weighted by Crippen LogP contribution is -2.33. The van der Waals surface area contributed by atoms with Crippen LogP contribution in [0.3, 0.4) is 0 Å². The van der Waals surface area contributed by atoms with Crippen LogP contribution in [-0.2, 0) is 0 Å². The molecule has 2 aromatic rings. The SMILES string of the molecule is O=C(CCCN1CCC(c2c[c]ccc2)CC1)c1ccc(Br)cc1. The highest BCUT2D eigenvalue weighted by Crippen LogP contribution is 2.27. The molecular formula is C21H23BrNO. The Kier molecular flexibility index (Phi) is 6.22. The molecule has 24 heavy (non-hydrogen) atoms. The van der Waals surface area contributed by atoms with Crippen LogP contribution in [0.15, 0.2) is 53.0 Å². The van der Waals surface area contributed by atoms with Gasteiger partial charge in [0.2, 0.25) is 0 Å². The van der Waals surface area contributed by atoms with Gasteiger partial charge in [-0.3, -0.25) is 4.79 Å². The smallest absolute Gasteiger partial charge is 0.162 e. The van der Waals surface area contributed by atoms with Crippen LogP contribution < -0.4 is 0 Å². The maximum absolute atomic E-state index is 12.2. The molecule has 0 aliphatic carbocycles. The Morgan fingerprint density at radius 1 is 1.17 bits per heavy atom. The van der Waals surface area contributed by atoms with Crippen LogP contribution >= 0.6 is 15.9 Å². The first-order valence-electron chi connectivity index (χ1n) is 8.69. The molecule has 0 N–H and O–H groups in total. The van der Waals surface area contributed by atoms with Crippen molar-refractivity contribution in [2.45, 2.75) is 31.6 Å². The second-order valence-corrected chi connectivity index (χ2v) is 7.40. The van der Waals surface area contributed by atoms with Crippen molar-refractivity contribution in [3.05, 3.63) is 70.2 Å². The number of Topliss-reactive ketones (excluding diaryl/α,β-unsaturated/α-hetero) is 1. The third-order valence-electron chi connectivity index (χ3n) is 4.83. The number of ketones is 1. The standard InChI is InChI=1S/C21H23BrNO/c22-20-10-8-19(9-11-20)21(24)7-4-14-23-15-12-18(13-16-23)17-5-2-1-3-6-17/h1-2,5-6,8-11,18H,4,7,12-16H2. The second-order valence-electron chi connectivity index (χ2n) is 6.49. The monoisotopic (exact) mass is 384 g/mol. The van der Waals surface area contributed by atoms with E-state index < -0.39 is 0 Å².